The van der Waals surface area contributed by atoms with E-state index in [9.17, 15) is 15.3 Å². The van der Waals surface area contributed by atoms with Crippen molar-refractivity contribution >= 4 is 5.78 Å². The summed E-state index contributed by atoms with van der Waals surface area (Å²) in [6.07, 6.45) is 17.0. The summed E-state index contributed by atoms with van der Waals surface area (Å²) in [5.74, 6) is 29.3. The molecular formula is C71H70N2O5. The first-order chi connectivity index (χ1) is 38.3. The van der Waals surface area contributed by atoms with Crippen LogP contribution in [0.4, 0.5) is 0 Å². The van der Waals surface area contributed by atoms with Crippen LogP contribution in [0.25, 0.3) is 11.1 Å². The second kappa shape index (κ2) is 30.8. The van der Waals surface area contributed by atoms with Gasteiger partial charge in [-0.2, -0.15) is 10.5 Å². The predicted molar refractivity (Wildman–Crippen MR) is 313 cm³/mol. The van der Waals surface area contributed by atoms with Gasteiger partial charge in [-0.05, 0) is 122 Å². The summed E-state index contributed by atoms with van der Waals surface area (Å²) in [7, 11) is 0. The number of ether oxygens (including phenoxy) is 4. The molecule has 0 bridgehead atoms. The molecule has 0 amide bonds. The lowest BCUT2D eigenvalue weighted by atomic mass is 10.0. The van der Waals surface area contributed by atoms with Gasteiger partial charge in [0.25, 0.3) is 0 Å². The monoisotopic (exact) mass is 1030 g/mol. The zero-order chi connectivity index (χ0) is 54.7. The summed E-state index contributed by atoms with van der Waals surface area (Å²) >= 11 is 0. The molecule has 0 unspecified atom stereocenters. The molecule has 0 spiro atoms. The number of carbonyl (C=O) groups is 1. The molecule has 6 aromatic carbocycles. The number of rotatable bonds is 24. The maximum Gasteiger partial charge on any atom is 0.194 e. The van der Waals surface area contributed by atoms with Gasteiger partial charge in [0.2, 0.25) is 0 Å². The van der Waals surface area contributed by atoms with Gasteiger partial charge in [0.15, 0.2) is 5.78 Å². The predicted octanol–water partition coefficient (Wildman–Crippen LogP) is 16.1. The van der Waals surface area contributed by atoms with Crippen LogP contribution in [0.5, 0.6) is 23.0 Å². The van der Waals surface area contributed by atoms with Gasteiger partial charge in [-0.3, -0.25) is 4.79 Å². The van der Waals surface area contributed by atoms with Crippen molar-refractivity contribution in [2.24, 2.45) is 0 Å². The van der Waals surface area contributed by atoms with E-state index in [1.807, 2.05) is 84.9 Å². The molecule has 1 aliphatic rings. The third-order valence-corrected chi connectivity index (χ3v) is 13.4. The van der Waals surface area contributed by atoms with Gasteiger partial charge in [0.1, 0.15) is 23.0 Å². The van der Waals surface area contributed by atoms with Crippen molar-refractivity contribution in [1.82, 2.24) is 0 Å². The Hall–Kier alpha value is -8.59. The van der Waals surface area contributed by atoms with Gasteiger partial charge >= 0.3 is 0 Å². The SMILES string of the molecule is CCCCCCOc1cc(C#Cc2ccc3c(c2)-c2cc(C#Cc4cc(OCCCCCC)c(C#Cc5ccc(C#N)cc5)cc4OCCCCCC)ccc2C3=O)c(OCCCCCC)cc1C#Cc1ccc(C#N)cc1. The van der Waals surface area contributed by atoms with Crippen molar-refractivity contribution < 1.29 is 23.7 Å². The Balaban J connectivity index is 1.22. The van der Waals surface area contributed by atoms with E-state index in [2.05, 4.69) is 87.2 Å². The second-order valence-electron chi connectivity index (χ2n) is 19.6. The molecule has 0 saturated heterocycles. The van der Waals surface area contributed by atoms with Crippen LogP contribution in [0.2, 0.25) is 0 Å². The van der Waals surface area contributed by atoms with Crippen LogP contribution in [-0.4, -0.2) is 32.2 Å². The molecule has 0 fully saturated rings. The lowest BCUT2D eigenvalue weighted by molar-refractivity contribution is 0.104. The maximum absolute atomic E-state index is 13.9. The van der Waals surface area contributed by atoms with E-state index in [1.54, 1.807) is 24.3 Å². The Morgan fingerprint density at radius 1 is 0.308 bits per heavy atom. The molecule has 0 heterocycles. The van der Waals surface area contributed by atoms with Crippen LogP contribution < -0.4 is 18.9 Å². The molecule has 0 N–H and O–H groups in total. The molecule has 0 atom stereocenters. The summed E-state index contributed by atoms with van der Waals surface area (Å²) in [6, 6.07) is 38.1. The topological polar surface area (TPSA) is 102 Å². The largest absolute Gasteiger partial charge is 0.492 e. The molecule has 0 aliphatic heterocycles. The Kier molecular flexibility index (Phi) is 22.6. The maximum atomic E-state index is 13.9. The molecular weight excluding hydrogens is 961 g/mol. The van der Waals surface area contributed by atoms with Crippen LogP contribution in [0.1, 0.15) is 202 Å². The molecule has 78 heavy (non-hydrogen) atoms. The van der Waals surface area contributed by atoms with E-state index in [0.717, 1.165) is 136 Å². The van der Waals surface area contributed by atoms with E-state index < -0.39 is 0 Å². The molecule has 394 valence electrons. The Labute approximate surface area is 464 Å². The lowest BCUT2D eigenvalue weighted by Gasteiger charge is -2.14. The highest BCUT2D eigenvalue weighted by molar-refractivity contribution is 6.22. The minimum absolute atomic E-state index is 0.0339. The summed E-state index contributed by atoms with van der Waals surface area (Å²) in [5.41, 5.74) is 9.88. The first-order valence-corrected chi connectivity index (χ1v) is 28.1. The van der Waals surface area contributed by atoms with Gasteiger partial charge < -0.3 is 18.9 Å². The summed E-state index contributed by atoms with van der Waals surface area (Å²) in [4.78, 5) is 13.9. The van der Waals surface area contributed by atoms with Crippen molar-refractivity contribution in [3.8, 4) is 93.6 Å². The van der Waals surface area contributed by atoms with Crippen LogP contribution in [0, 0.1) is 70.0 Å². The van der Waals surface area contributed by atoms with E-state index in [-0.39, 0.29) is 5.78 Å². The first-order valence-electron chi connectivity index (χ1n) is 28.1. The number of carbonyl (C=O) groups excluding carboxylic acids is 1. The molecule has 7 nitrogen and oxygen atoms in total. The van der Waals surface area contributed by atoms with E-state index in [0.29, 0.717) is 93.9 Å². The number of ketones is 1. The smallest absolute Gasteiger partial charge is 0.194 e. The summed E-state index contributed by atoms with van der Waals surface area (Å²) in [6.45, 7) is 11.0. The van der Waals surface area contributed by atoms with Crippen LogP contribution in [0.3, 0.4) is 0 Å². The second-order valence-corrected chi connectivity index (χ2v) is 19.6. The normalized spacial score (nSPS) is 10.7. The van der Waals surface area contributed by atoms with E-state index in [4.69, 9.17) is 18.9 Å². The number of fused-ring (bicyclic) bond motifs is 3. The Morgan fingerprint density at radius 2 is 0.577 bits per heavy atom. The number of benzene rings is 6. The highest BCUT2D eigenvalue weighted by Crippen LogP contribution is 2.38. The molecule has 0 aromatic heterocycles. The minimum Gasteiger partial charge on any atom is -0.492 e. The van der Waals surface area contributed by atoms with Gasteiger partial charge in [-0.25, -0.2) is 0 Å². The summed E-state index contributed by atoms with van der Waals surface area (Å²) in [5, 5.41) is 18.6. The number of hydrogen-bond acceptors (Lipinski definition) is 7. The number of hydrogen-bond donors (Lipinski definition) is 0. The van der Waals surface area contributed by atoms with E-state index >= 15 is 0 Å². The third-order valence-electron chi connectivity index (χ3n) is 13.4. The first kappa shape index (κ1) is 57.1. The quantitative estimate of drug-likeness (QED) is 0.0439. The highest BCUT2D eigenvalue weighted by Gasteiger charge is 2.27. The molecule has 7 rings (SSSR count). The van der Waals surface area contributed by atoms with Gasteiger partial charge in [-0.1, -0.05) is 152 Å². The summed E-state index contributed by atoms with van der Waals surface area (Å²) < 4.78 is 25.9. The number of nitriles is 2. The fraction of sp³-hybridized carbons (Fsp3) is 0.338. The van der Waals surface area contributed by atoms with Crippen molar-refractivity contribution in [1.29, 1.82) is 10.5 Å². The molecule has 0 radical (unpaired) electrons. The van der Waals surface area contributed by atoms with Crippen molar-refractivity contribution in [3.63, 3.8) is 0 Å². The van der Waals surface area contributed by atoms with E-state index in [1.165, 1.54) is 0 Å². The number of nitrogens with zero attached hydrogens (tertiary/aromatic N) is 2. The van der Waals surface area contributed by atoms with Gasteiger partial charge in [0, 0.05) is 57.6 Å². The molecule has 6 aromatic rings. The van der Waals surface area contributed by atoms with Gasteiger partial charge in [0.05, 0.1) is 71.9 Å². The van der Waals surface area contributed by atoms with Crippen molar-refractivity contribution in [2.45, 2.75) is 130 Å². The standard InChI is InChI=1S/C71H70N2O5/c1-5-9-13-17-41-75-67-49-61(69(77-43-19-15-11-7-3)47-59(67)35-29-53-21-25-57(51-72)26-22-53)37-31-55-33-39-63-65(45-55)66-46-56(34-40-64(66)71(63)74)32-38-62-50-68(76-42-18-14-10-6-2)60(48-70(62)78-44-20-16-12-8-4)36-30-54-23-27-58(52-73)28-24-54/h21-28,33-34,39-40,45-50H,5-20,41-44H2,1-4H3. The Morgan fingerprint density at radius 3 is 0.859 bits per heavy atom. The Bertz CT molecular complexity index is 3140. The zero-order valence-corrected chi connectivity index (χ0v) is 46.0. The average molecular weight is 1030 g/mol. The fourth-order valence-corrected chi connectivity index (χ4v) is 8.88. The number of unbranched alkanes of at least 4 members (excludes halogenated alkanes) is 12. The molecule has 1 aliphatic carbocycles. The lowest BCUT2D eigenvalue weighted by Crippen LogP contribution is -2.03. The van der Waals surface area contributed by atoms with Crippen molar-refractivity contribution in [3.05, 3.63) is 176 Å². The minimum atomic E-state index is -0.0339. The fourth-order valence-electron chi connectivity index (χ4n) is 8.88. The molecule has 0 saturated carbocycles. The molecule has 7 heteroatoms. The highest BCUT2D eigenvalue weighted by atomic mass is 16.5. The van der Waals surface area contributed by atoms with Gasteiger partial charge in [-0.15, -0.1) is 0 Å². The van der Waals surface area contributed by atoms with Crippen LogP contribution >= 0.6 is 0 Å². The van der Waals surface area contributed by atoms with Crippen LogP contribution in [-0.2, 0) is 0 Å². The van der Waals surface area contributed by atoms with Crippen molar-refractivity contribution in [2.75, 3.05) is 26.4 Å². The van der Waals surface area contributed by atoms with Crippen LogP contribution in [0.15, 0.2) is 109 Å². The third kappa shape index (κ3) is 16.7. The zero-order valence-electron chi connectivity index (χ0n) is 46.0. The average Bonchev–Trinajstić information content (AvgIpc) is 3.91.